The first-order valence-corrected chi connectivity index (χ1v) is 10.6. The predicted octanol–water partition coefficient (Wildman–Crippen LogP) is 4.36. The van der Waals surface area contributed by atoms with Crippen LogP contribution in [0, 0.1) is 5.92 Å². The van der Waals surface area contributed by atoms with Crippen molar-refractivity contribution in [3.8, 4) is 9.88 Å². The summed E-state index contributed by atoms with van der Waals surface area (Å²) < 4.78 is 0. The van der Waals surface area contributed by atoms with Gasteiger partial charge < -0.3 is 10.2 Å². The lowest BCUT2D eigenvalue weighted by Crippen LogP contribution is -2.41. The fourth-order valence-corrected chi connectivity index (χ4v) is 4.77. The third-order valence-corrected chi connectivity index (χ3v) is 6.53. The Labute approximate surface area is 165 Å². The molecule has 1 aromatic carbocycles. The number of carbonyl (C=O) groups excluding carboxylic acids is 2. The van der Waals surface area contributed by atoms with E-state index < -0.39 is 0 Å². The van der Waals surface area contributed by atoms with Gasteiger partial charge in [0.05, 0.1) is 4.88 Å². The molecule has 1 N–H and O–H groups in total. The fourth-order valence-electron chi connectivity index (χ4n) is 3.16. The monoisotopic (exact) mass is 397 g/mol. The van der Waals surface area contributed by atoms with E-state index in [1.165, 1.54) is 11.3 Å². The molecule has 0 atom stereocenters. The van der Waals surface area contributed by atoms with Gasteiger partial charge >= 0.3 is 0 Å². The zero-order chi connectivity index (χ0) is 18.6. The van der Waals surface area contributed by atoms with Crippen LogP contribution < -0.4 is 5.32 Å². The molecule has 27 heavy (non-hydrogen) atoms. The Hall–Kier alpha value is -2.51. The van der Waals surface area contributed by atoms with Crippen LogP contribution >= 0.6 is 22.7 Å². The molecule has 4 rings (SSSR count). The van der Waals surface area contributed by atoms with Gasteiger partial charge in [0.15, 0.2) is 0 Å². The Kier molecular flexibility index (Phi) is 5.31. The number of benzene rings is 1. The Bertz CT molecular complexity index is 914. The van der Waals surface area contributed by atoms with Crippen LogP contribution in [0.15, 0.2) is 53.2 Å². The Morgan fingerprint density at radius 2 is 1.81 bits per heavy atom. The first kappa shape index (κ1) is 17.9. The summed E-state index contributed by atoms with van der Waals surface area (Å²) in [7, 11) is 0. The second kappa shape index (κ2) is 8.02. The maximum Gasteiger partial charge on any atom is 0.273 e. The highest BCUT2D eigenvalue weighted by Gasteiger charge is 2.28. The molecular formula is C20H19N3O2S2. The lowest BCUT2D eigenvalue weighted by molar-refractivity contribution is -0.121. The Balaban J connectivity index is 1.33. The summed E-state index contributed by atoms with van der Waals surface area (Å²) in [5.74, 6) is -0.0794. The van der Waals surface area contributed by atoms with Crippen LogP contribution in [0.25, 0.3) is 9.88 Å². The molecule has 0 spiro atoms. The van der Waals surface area contributed by atoms with Crippen molar-refractivity contribution >= 4 is 40.2 Å². The van der Waals surface area contributed by atoms with Crippen molar-refractivity contribution in [2.75, 3.05) is 18.4 Å². The molecule has 1 fully saturated rings. The lowest BCUT2D eigenvalue weighted by atomic mass is 9.95. The number of piperidine rings is 1. The van der Waals surface area contributed by atoms with E-state index in [-0.39, 0.29) is 17.7 Å². The SMILES string of the molecule is O=C(Nc1ccccc1)C1CCN(C(=O)c2csc(-c3cccs3)n2)CC1. The molecule has 0 unspecified atom stereocenters. The Morgan fingerprint density at radius 3 is 2.52 bits per heavy atom. The number of likely N-dealkylation sites (tertiary alicyclic amines) is 1. The molecule has 138 valence electrons. The zero-order valence-electron chi connectivity index (χ0n) is 14.6. The van der Waals surface area contributed by atoms with E-state index in [4.69, 9.17) is 0 Å². The van der Waals surface area contributed by atoms with Gasteiger partial charge in [-0.15, -0.1) is 22.7 Å². The van der Waals surface area contributed by atoms with Crippen LogP contribution in [0.5, 0.6) is 0 Å². The highest BCUT2D eigenvalue weighted by atomic mass is 32.1. The van der Waals surface area contributed by atoms with E-state index >= 15 is 0 Å². The molecule has 2 amide bonds. The summed E-state index contributed by atoms with van der Waals surface area (Å²) in [6.07, 6.45) is 1.35. The molecule has 1 aliphatic heterocycles. The number of hydrogen-bond acceptors (Lipinski definition) is 5. The number of carbonyl (C=O) groups is 2. The largest absolute Gasteiger partial charge is 0.337 e. The first-order valence-electron chi connectivity index (χ1n) is 8.85. The number of aromatic nitrogens is 1. The quantitative estimate of drug-likeness (QED) is 0.711. The molecule has 1 aliphatic rings. The maximum atomic E-state index is 12.7. The molecule has 3 aromatic rings. The molecule has 7 heteroatoms. The average Bonchev–Trinajstić information content (AvgIpc) is 3.40. The van der Waals surface area contributed by atoms with Gasteiger partial charge in [-0.2, -0.15) is 0 Å². The molecule has 2 aromatic heterocycles. The van der Waals surface area contributed by atoms with Crippen LogP contribution in [0.4, 0.5) is 5.69 Å². The zero-order valence-corrected chi connectivity index (χ0v) is 16.3. The number of hydrogen-bond donors (Lipinski definition) is 1. The number of amides is 2. The van der Waals surface area contributed by atoms with Crippen LogP contribution in [-0.2, 0) is 4.79 Å². The number of rotatable bonds is 4. The van der Waals surface area contributed by atoms with Crippen molar-refractivity contribution in [2.24, 2.45) is 5.92 Å². The molecule has 0 saturated carbocycles. The molecule has 3 heterocycles. The van der Waals surface area contributed by atoms with Crippen LogP contribution in [0.2, 0.25) is 0 Å². The topological polar surface area (TPSA) is 62.3 Å². The standard InChI is InChI=1S/C20H19N3O2S2/c24-18(21-15-5-2-1-3-6-15)14-8-10-23(11-9-14)20(25)16-13-27-19(22-16)17-7-4-12-26-17/h1-7,12-14H,8-11H2,(H,21,24). The van der Waals surface area contributed by atoms with Crippen LogP contribution in [0.1, 0.15) is 23.3 Å². The second-order valence-corrected chi connectivity index (χ2v) is 8.24. The van der Waals surface area contributed by atoms with Crippen molar-refractivity contribution in [3.63, 3.8) is 0 Å². The second-order valence-electron chi connectivity index (χ2n) is 6.44. The first-order chi connectivity index (χ1) is 13.2. The summed E-state index contributed by atoms with van der Waals surface area (Å²) in [5, 5.41) is 7.66. The summed E-state index contributed by atoms with van der Waals surface area (Å²) in [5.41, 5.74) is 1.31. The van der Waals surface area contributed by atoms with Crippen molar-refractivity contribution in [1.82, 2.24) is 9.88 Å². The van der Waals surface area contributed by atoms with E-state index in [1.807, 2.05) is 53.2 Å². The van der Waals surface area contributed by atoms with Gasteiger partial charge in [0.25, 0.3) is 5.91 Å². The number of nitrogens with one attached hydrogen (secondary N) is 1. The maximum absolute atomic E-state index is 12.7. The third kappa shape index (κ3) is 4.09. The van der Waals surface area contributed by atoms with Gasteiger partial charge in [-0.1, -0.05) is 24.3 Å². The van der Waals surface area contributed by atoms with Crippen LogP contribution in [0.3, 0.4) is 0 Å². The summed E-state index contributed by atoms with van der Waals surface area (Å²) in [4.78, 5) is 32.5. The van der Waals surface area contributed by atoms with Gasteiger partial charge in [0, 0.05) is 30.1 Å². The van der Waals surface area contributed by atoms with E-state index in [0.717, 1.165) is 15.6 Å². The fraction of sp³-hybridized carbons (Fsp3) is 0.250. The van der Waals surface area contributed by atoms with E-state index in [0.29, 0.717) is 31.6 Å². The number of anilines is 1. The van der Waals surface area contributed by atoms with Crippen molar-refractivity contribution < 1.29 is 9.59 Å². The lowest BCUT2D eigenvalue weighted by Gasteiger charge is -2.30. The van der Waals surface area contributed by atoms with Crippen molar-refractivity contribution in [1.29, 1.82) is 0 Å². The number of thiazole rings is 1. The van der Waals surface area contributed by atoms with Gasteiger partial charge in [0.1, 0.15) is 10.7 Å². The minimum atomic E-state index is -0.0635. The van der Waals surface area contributed by atoms with Gasteiger partial charge in [-0.3, -0.25) is 9.59 Å². The third-order valence-electron chi connectivity index (χ3n) is 4.65. The minimum absolute atomic E-state index is 0.0296. The van der Waals surface area contributed by atoms with Gasteiger partial charge in [-0.05, 0) is 36.4 Å². The van der Waals surface area contributed by atoms with Crippen molar-refractivity contribution in [2.45, 2.75) is 12.8 Å². The normalized spacial score (nSPS) is 14.9. The van der Waals surface area contributed by atoms with Crippen molar-refractivity contribution in [3.05, 3.63) is 58.9 Å². The van der Waals surface area contributed by atoms with E-state index in [1.54, 1.807) is 16.2 Å². The molecule has 5 nitrogen and oxygen atoms in total. The number of thiophene rings is 1. The van der Waals surface area contributed by atoms with Gasteiger partial charge in [0.2, 0.25) is 5.91 Å². The molecular weight excluding hydrogens is 378 g/mol. The highest BCUT2D eigenvalue weighted by molar-refractivity contribution is 7.20. The highest BCUT2D eigenvalue weighted by Crippen LogP contribution is 2.29. The predicted molar refractivity (Wildman–Crippen MR) is 109 cm³/mol. The average molecular weight is 398 g/mol. The summed E-state index contributed by atoms with van der Waals surface area (Å²) in [6.45, 7) is 1.16. The minimum Gasteiger partial charge on any atom is -0.337 e. The number of nitrogens with zero attached hydrogens (tertiary/aromatic N) is 2. The molecule has 1 saturated heterocycles. The Morgan fingerprint density at radius 1 is 1.04 bits per heavy atom. The molecule has 0 bridgehead atoms. The number of para-hydroxylation sites is 1. The van der Waals surface area contributed by atoms with E-state index in [2.05, 4.69) is 10.3 Å². The summed E-state index contributed by atoms with van der Waals surface area (Å²) in [6, 6.07) is 13.5. The smallest absolute Gasteiger partial charge is 0.273 e. The van der Waals surface area contributed by atoms with Crippen LogP contribution in [-0.4, -0.2) is 34.8 Å². The molecule has 0 aliphatic carbocycles. The summed E-state index contributed by atoms with van der Waals surface area (Å²) >= 11 is 3.11. The van der Waals surface area contributed by atoms with Gasteiger partial charge in [-0.25, -0.2) is 4.98 Å². The van der Waals surface area contributed by atoms with E-state index in [9.17, 15) is 9.59 Å². The molecule has 0 radical (unpaired) electrons.